The number of aromatic nitrogens is 3. The van der Waals surface area contributed by atoms with Crippen molar-refractivity contribution in [3.63, 3.8) is 0 Å². The lowest BCUT2D eigenvalue weighted by Crippen LogP contribution is -2.16. The number of fused-ring (bicyclic) bond motifs is 1. The average Bonchev–Trinajstić information content (AvgIpc) is 2.70. The molecule has 1 atom stereocenters. The number of alkyl halides is 3. The van der Waals surface area contributed by atoms with E-state index in [0.717, 1.165) is 6.07 Å². The highest BCUT2D eigenvalue weighted by molar-refractivity contribution is 9.10. The van der Waals surface area contributed by atoms with E-state index in [4.69, 9.17) is 15.2 Å². The number of para-hydroxylation sites is 1. The van der Waals surface area contributed by atoms with Crippen molar-refractivity contribution in [2.45, 2.75) is 32.0 Å². The Kier molecular flexibility index (Phi) is 6.85. The molecule has 1 aromatic carbocycles. The molecule has 31 heavy (non-hydrogen) atoms. The van der Waals surface area contributed by atoms with Gasteiger partial charge in [0.05, 0.1) is 29.1 Å². The van der Waals surface area contributed by atoms with Gasteiger partial charge in [0.15, 0.2) is 5.65 Å². The van der Waals surface area contributed by atoms with E-state index in [1.807, 2.05) is 0 Å². The number of halogens is 4. The molecule has 2 aromatic heterocycles. The Bertz CT molecular complexity index is 1150. The fraction of sp³-hybridized carbons (Fsp3) is 0.350. The van der Waals surface area contributed by atoms with Crippen LogP contribution in [0.5, 0.6) is 11.6 Å². The minimum atomic E-state index is -4.57. The van der Waals surface area contributed by atoms with Gasteiger partial charge in [-0.15, -0.1) is 0 Å². The molecular weight excluding hydrogens is 481 g/mol. The zero-order chi connectivity index (χ0) is 22.8. The van der Waals surface area contributed by atoms with Gasteiger partial charge in [-0.1, -0.05) is 12.1 Å². The number of H-pyrrole nitrogens is 1. The van der Waals surface area contributed by atoms with Crippen molar-refractivity contribution < 1.29 is 22.6 Å². The summed E-state index contributed by atoms with van der Waals surface area (Å²) in [5.74, 6) is 0.350. The molecule has 0 amide bonds. The third-order valence-electron chi connectivity index (χ3n) is 4.51. The van der Waals surface area contributed by atoms with Crippen molar-refractivity contribution in [3.8, 4) is 11.6 Å². The van der Waals surface area contributed by atoms with Crippen molar-refractivity contribution in [3.05, 3.63) is 56.0 Å². The molecule has 0 radical (unpaired) electrons. The fourth-order valence-electron chi connectivity index (χ4n) is 3.04. The van der Waals surface area contributed by atoms with E-state index in [2.05, 4.69) is 30.9 Å². The maximum absolute atomic E-state index is 13.4. The number of nitrogens with two attached hydrogens (primary N) is 1. The molecule has 3 N–H and O–H groups in total. The minimum absolute atomic E-state index is 0.0222. The van der Waals surface area contributed by atoms with Crippen LogP contribution in [0.15, 0.2) is 33.5 Å². The maximum Gasteiger partial charge on any atom is 0.419 e. The first-order valence-corrected chi connectivity index (χ1v) is 10.1. The fourth-order valence-corrected chi connectivity index (χ4v) is 3.52. The number of hydrogen-bond donors (Lipinski definition) is 2. The average molecular weight is 501 g/mol. The molecule has 0 aliphatic heterocycles. The normalized spacial score (nSPS) is 12.7. The number of ether oxygens (including phenoxy) is 2. The van der Waals surface area contributed by atoms with Crippen molar-refractivity contribution in [2.75, 3.05) is 13.7 Å². The minimum Gasteiger partial charge on any atom is -0.493 e. The topological polar surface area (TPSA) is 103 Å². The van der Waals surface area contributed by atoms with Crippen molar-refractivity contribution in [2.24, 2.45) is 5.73 Å². The van der Waals surface area contributed by atoms with Gasteiger partial charge >= 0.3 is 6.18 Å². The number of nitrogens with zero attached hydrogens (tertiary/aromatic N) is 2. The number of nitrogens with one attached hydrogen (secondary N) is 1. The summed E-state index contributed by atoms with van der Waals surface area (Å²) in [5, 5.41) is 0.286. The number of aromatic amines is 1. The van der Waals surface area contributed by atoms with Crippen LogP contribution in [0, 0.1) is 0 Å². The molecular formula is C20H20BrF3N4O3. The Hall–Kier alpha value is -2.66. The van der Waals surface area contributed by atoms with Gasteiger partial charge in [-0.2, -0.15) is 18.2 Å². The summed E-state index contributed by atoms with van der Waals surface area (Å²) in [6, 6.07) is 4.70. The molecule has 0 unspecified atom stereocenters. The van der Waals surface area contributed by atoms with Crippen molar-refractivity contribution >= 4 is 27.0 Å². The van der Waals surface area contributed by atoms with E-state index < -0.39 is 17.8 Å². The van der Waals surface area contributed by atoms with Gasteiger partial charge in [-0.3, -0.25) is 4.79 Å². The van der Waals surface area contributed by atoms with Crippen LogP contribution in [-0.2, 0) is 12.6 Å². The maximum atomic E-state index is 13.4. The van der Waals surface area contributed by atoms with Crippen LogP contribution < -0.4 is 20.8 Å². The van der Waals surface area contributed by atoms with Crippen LogP contribution in [0.25, 0.3) is 11.0 Å². The van der Waals surface area contributed by atoms with Gasteiger partial charge in [0, 0.05) is 18.0 Å². The quantitative estimate of drug-likeness (QED) is 0.472. The lowest BCUT2D eigenvalue weighted by molar-refractivity contribution is -0.139. The summed E-state index contributed by atoms with van der Waals surface area (Å²) in [7, 11) is 1.44. The van der Waals surface area contributed by atoms with Crippen molar-refractivity contribution in [1.29, 1.82) is 0 Å². The number of benzene rings is 1. The molecule has 3 rings (SSSR count). The largest absolute Gasteiger partial charge is 0.493 e. The van der Waals surface area contributed by atoms with Crippen molar-refractivity contribution in [1.82, 2.24) is 15.0 Å². The third-order valence-corrected chi connectivity index (χ3v) is 5.07. The number of pyridine rings is 1. The van der Waals surface area contributed by atoms with E-state index in [1.165, 1.54) is 19.2 Å². The van der Waals surface area contributed by atoms with Crippen LogP contribution >= 0.6 is 15.9 Å². The van der Waals surface area contributed by atoms with Gasteiger partial charge < -0.3 is 20.2 Å². The van der Waals surface area contributed by atoms with Crippen LogP contribution in [0.2, 0.25) is 0 Å². The summed E-state index contributed by atoms with van der Waals surface area (Å²) in [6.45, 7) is 1.57. The molecule has 0 bridgehead atoms. The summed E-state index contributed by atoms with van der Waals surface area (Å²) >= 11 is 3.27. The first-order valence-electron chi connectivity index (χ1n) is 9.33. The molecule has 0 fully saturated rings. The van der Waals surface area contributed by atoms with E-state index in [-0.39, 0.29) is 46.8 Å². The molecule has 166 valence electrons. The van der Waals surface area contributed by atoms with Crippen LogP contribution in [0.3, 0.4) is 0 Å². The Morgan fingerprint density at radius 1 is 1.29 bits per heavy atom. The van der Waals surface area contributed by atoms with Gasteiger partial charge in [-0.05, 0) is 41.4 Å². The second-order valence-corrected chi connectivity index (χ2v) is 7.68. The molecule has 0 spiro atoms. The highest BCUT2D eigenvalue weighted by atomic mass is 79.9. The van der Waals surface area contributed by atoms with Gasteiger partial charge in [0.2, 0.25) is 5.88 Å². The lowest BCUT2D eigenvalue weighted by Gasteiger charge is -2.19. The molecule has 0 saturated carbocycles. The summed E-state index contributed by atoms with van der Waals surface area (Å²) in [6.07, 6.45) is -3.98. The first-order chi connectivity index (χ1) is 14.6. The van der Waals surface area contributed by atoms with Gasteiger partial charge in [0.1, 0.15) is 11.6 Å². The van der Waals surface area contributed by atoms with Gasteiger partial charge in [0.25, 0.3) is 5.56 Å². The zero-order valence-corrected chi connectivity index (χ0v) is 18.3. The SMILES string of the molecule is COc1nc2nc(CCCOc3c([C@@H](C)N)cccc3C(F)(F)F)[nH]c(=O)c2cc1Br. The highest BCUT2D eigenvalue weighted by Gasteiger charge is 2.35. The standard InChI is InChI=1S/C20H20BrF3N4O3/c1-10(25)11-5-3-6-13(20(22,23)24)16(11)31-8-4-7-15-26-17-12(18(29)27-15)9-14(21)19(28-17)30-2/h3,5-6,9-10H,4,7-8,25H2,1-2H3,(H,26,27,28,29)/t10-/m1/s1. The van der Waals surface area contributed by atoms with Crippen LogP contribution in [0.1, 0.15) is 36.3 Å². The Morgan fingerprint density at radius 2 is 2.03 bits per heavy atom. The van der Waals surface area contributed by atoms with E-state index >= 15 is 0 Å². The molecule has 7 nitrogen and oxygen atoms in total. The third kappa shape index (κ3) is 5.16. The molecule has 0 aliphatic rings. The molecule has 2 heterocycles. The van der Waals surface area contributed by atoms with E-state index in [0.29, 0.717) is 16.7 Å². The Morgan fingerprint density at radius 3 is 2.68 bits per heavy atom. The number of methoxy groups -OCH3 is 1. The van der Waals surface area contributed by atoms with E-state index in [1.54, 1.807) is 13.0 Å². The summed E-state index contributed by atoms with van der Waals surface area (Å²) in [4.78, 5) is 23.5. The smallest absolute Gasteiger partial charge is 0.419 e. The Labute approximate surface area is 183 Å². The monoisotopic (exact) mass is 500 g/mol. The number of aryl methyl sites for hydroxylation is 1. The predicted molar refractivity (Wildman–Crippen MR) is 112 cm³/mol. The second kappa shape index (κ2) is 9.23. The molecule has 0 saturated heterocycles. The highest BCUT2D eigenvalue weighted by Crippen LogP contribution is 2.39. The zero-order valence-electron chi connectivity index (χ0n) is 16.7. The Balaban J connectivity index is 1.76. The molecule has 3 aromatic rings. The number of hydrogen-bond acceptors (Lipinski definition) is 6. The summed E-state index contributed by atoms with van der Waals surface area (Å²) < 4.78 is 51.2. The second-order valence-electron chi connectivity index (χ2n) is 6.83. The molecule has 11 heteroatoms. The summed E-state index contributed by atoms with van der Waals surface area (Å²) in [5.41, 5.74) is 5.04. The van der Waals surface area contributed by atoms with Crippen LogP contribution in [0.4, 0.5) is 13.2 Å². The molecule has 0 aliphatic carbocycles. The predicted octanol–water partition coefficient (Wildman–Crippen LogP) is 4.14. The van der Waals surface area contributed by atoms with Gasteiger partial charge in [-0.25, -0.2) is 4.98 Å². The van der Waals surface area contributed by atoms with E-state index in [9.17, 15) is 18.0 Å². The number of rotatable bonds is 7. The first kappa shape index (κ1) is 23.0. The lowest BCUT2D eigenvalue weighted by atomic mass is 10.0. The van der Waals surface area contributed by atoms with Crippen LogP contribution in [-0.4, -0.2) is 28.7 Å².